The number of ether oxygens (including phenoxy) is 1. The summed E-state index contributed by atoms with van der Waals surface area (Å²) in [6.07, 6.45) is 2.93. The van der Waals surface area contributed by atoms with E-state index in [0.29, 0.717) is 26.0 Å². The first-order valence-corrected chi connectivity index (χ1v) is 9.60. The van der Waals surface area contributed by atoms with Gasteiger partial charge in [0, 0.05) is 6.54 Å². The van der Waals surface area contributed by atoms with Gasteiger partial charge in [-0.1, -0.05) is 30.3 Å². The Labute approximate surface area is 160 Å². The standard InChI is InChI=1S/C20H30N2O5/c1-3-26-20(24)18(12-11-16-8-5-4-6-9-16)21-15(2)19(23)22-13-7-10-17(22)14-27-25/h4-6,8-9,15,17-18,21,25H,3,7,10-14H2,1-2H3/t15-,17-,18+/m0/s1. The van der Waals surface area contributed by atoms with E-state index < -0.39 is 12.1 Å². The Balaban J connectivity index is 1.98. The van der Waals surface area contributed by atoms with Gasteiger partial charge >= 0.3 is 5.97 Å². The lowest BCUT2D eigenvalue weighted by Crippen LogP contribution is -2.52. The van der Waals surface area contributed by atoms with Crippen LogP contribution in [0.15, 0.2) is 30.3 Å². The molecule has 0 aromatic heterocycles. The Bertz CT molecular complexity index is 595. The molecule has 7 nitrogen and oxygen atoms in total. The van der Waals surface area contributed by atoms with Crippen molar-refractivity contribution in [2.24, 2.45) is 0 Å². The number of nitrogens with one attached hydrogen (secondary N) is 1. The molecule has 2 rings (SSSR count). The highest BCUT2D eigenvalue weighted by molar-refractivity contribution is 5.83. The summed E-state index contributed by atoms with van der Waals surface area (Å²) in [4.78, 5) is 31.1. The van der Waals surface area contributed by atoms with Gasteiger partial charge in [0.05, 0.1) is 18.7 Å². The van der Waals surface area contributed by atoms with Crippen LogP contribution in [0.3, 0.4) is 0 Å². The fourth-order valence-corrected chi connectivity index (χ4v) is 3.47. The molecule has 1 aliphatic heterocycles. The molecule has 1 amide bonds. The third-order valence-electron chi connectivity index (χ3n) is 4.88. The first-order valence-electron chi connectivity index (χ1n) is 9.60. The number of amides is 1. The van der Waals surface area contributed by atoms with E-state index in [1.54, 1.807) is 18.7 Å². The molecule has 1 fully saturated rings. The molecule has 0 unspecified atom stereocenters. The molecule has 0 bridgehead atoms. The topological polar surface area (TPSA) is 88.1 Å². The second-order valence-electron chi connectivity index (χ2n) is 6.84. The Morgan fingerprint density at radius 3 is 2.74 bits per heavy atom. The maximum absolute atomic E-state index is 12.8. The van der Waals surface area contributed by atoms with Gasteiger partial charge < -0.3 is 9.64 Å². The van der Waals surface area contributed by atoms with Crippen molar-refractivity contribution in [3.05, 3.63) is 35.9 Å². The molecule has 0 aliphatic carbocycles. The van der Waals surface area contributed by atoms with Crippen LogP contribution < -0.4 is 5.32 Å². The van der Waals surface area contributed by atoms with Crippen molar-refractivity contribution in [2.75, 3.05) is 19.8 Å². The van der Waals surface area contributed by atoms with Crippen LogP contribution in [0, 0.1) is 0 Å². The van der Waals surface area contributed by atoms with Gasteiger partial charge in [-0.05, 0) is 45.1 Å². The van der Waals surface area contributed by atoms with Gasteiger partial charge in [-0.25, -0.2) is 4.89 Å². The average molecular weight is 378 g/mol. The van der Waals surface area contributed by atoms with Crippen molar-refractivity contribution in [3.8, 4) is 0 Å². The van der Waals surface area contributed by atoms with Crippen LogP contribution in [0.1, 0.15) is 38.7 Å². The van der Waals surface area contributed by atoms with Crippen molar-refractivity contribution in [1.82, 2.24) is 10.2 Å². The number of likely N-dealkylation sites (tertiary alicyclic amines) is 1. The number of hydrogen-bond acceptors (Lipinski definition) is 6. The molecule has 1 aliphatic rings. The zero-order valence-corrected chi connectivity index (χ0v) is 16.1. The van der Waals surface area contributed by atoms with Crippen molar-refractivity contribution < 1.29 is 24.5 Å². The summed E-state index contributed by atoms with van der Waals surface area (Å²) in [5, 5.41) is 11.8. The number of aryl methyl sites for hydroxylation is 1. The Morgan fingerprint density at radius 1 is 1.33 bits per heavy atom. The lowest BCUT2D eigenvalue weighted by atomic mass is 10.0. The van der Waals surface area contributed by atoms with Crippen molar-refractivity contribution >= 4 is 11.9 Å². The normalized spacial score (nSPS) is 18.9. The quantitative estimate of drug-likeness (QED) is 0.368. The SMILES string of the molecule is CCOC(=O)[C@@H](CCc1ccccc1)N[C@@H](C)C(=O)N1CCC[C@H]1COO. The molecule has 0 spiro atoms. The van der Waals surface area contributed by atoms with Gasteiger partial charge in [0.15, 0.2) is 0 Å². The maximum Gasteiger partial charge on any atom is 0.323 e. The molecular formula is C20H30N2O5. The molecule has 0 radical (unpaired) electrons. The minimum absolute atomic E-state index is 0.0939. The Hall–Kier alpha value is -1.96. The molecule has 27 heavy (non-hydrogen) atoms. The Kier molecular flexibility index (Phi) is 8.71. The summed E-state index contributed by atoms with van der Waals surface area (Å²) in [5.41, 5.74) is 1.13. The number of carbonyl (C=O) groups is 2. The molecule has 7 heteroatoms. The minimum atomic E-state index is -0.556. The molecule has 1 aromatic carbocycles. The highest BCUT2D eigenvalue weighted by Crippen LogP contribution is 2.19. The molecule has 150 valence electrons. The van der Waals surface area contributed by atoms with Crippen LogP contribution in [-0.4, -0.2) is 59.9 Å². The van der Waals surface area contributed by atoms with Crippen LogP contribution in [0.5, 0.6) is 0 Å². The first kappa shape index (κ1) is 21.3. The third kappa shape index (κ3) is 6.30. The summed E-state index contributed by atoms with van der Waals surface area (Å²) in [5.74, 6) is -0.437. The Morgan fingerprint density at radius 2 is 2.07 bits per heavy atom. The van der Waals surface area contributed by atoms with E-state index in [-0.39, 0.29) is 24.5 Å². The lowest BCUT2D eigenvalue weighted by Gasteiger charge is -2.29. The zero-order chi connectivity index (χ0) is 19.6. The van der Waals surface area contributed by atoms with Crippen LogP contribution in [0.25, 0.3) is 0 Å². The second-order valence-corrected chi connectivity index (χ2v) is 6.84. The van der Waals surface area contributed by atoms with E-state index in [0.717, 1.165) is 18.4 Å². The molecule has 1 aromatic rings. The van der Waals surface area contributed by atoms with Crippen molar-refractivity contribution in [2.45, 2.75) is 57.7 Å². The highest BCUT2D eigenvalue weighted by Gasteiger charge is 2.33. The molecular weight excluding hydrogens is 348 g/mol. The van der Waals surface area contributed by atoms with Crippen molar-refractivity contribution in [3.63, 3.8) is 0 Å². The van der Waals surface area contributed by atoms with Crippen LogP contribution >= 0.6 is 0 Å². The predicted molar refractivity (Wildman–Crippen MR) is 101 cm³/mol. The van der Waals surface area contributed by atoms with E-state index in [1.807, 2.05) is 30.3 Å². The van der Waals surface area contributed by atoms with Gasteiger partial charge in [0.1, 0.15) is 12.6 Å². The largest absolute Gasteiger partial charge is 0.465 e. The summed E-state index contributed by atoms with van der Waals surface area (Å²) >= 11 is 0. The number of carbonyl (C=O) groups excluding carboxylic acids is 2. The summed E-state index contributed by atoms with van der Waals surface area (Å²) in [7, 11) is 0. The predicted octanol–water partition coefficient (Wildman–Crippen LogP) is 2.01. The van der Waals surface area contributed by atoms with E-state index in [1.165, 1.54) is 0 Å². The monoisotopic (exact) mass is 378 g/mol. The molecule has 1 saturated heterocycles. The van der Waals surface area contributed by atoms with Crippen LogP contribution in [-0.2, 0) is 25.6 Å². The minimum Gasteiger partial charge on any atom is -0.465 e. The van der Waals surface area contributed by atoms with Gasteiger partial charge in [0.2, 0.25) is 5.91 Å². The summed E-state index contributed by atoms with van der Waals surface area (Å²) in [6, 6.07) is 8.69. The number of rotatable bonds is 10. The molecule has 2 N–H and O–H groups in total. The fourth-order valence-electron chi connectivity index (χ4n) is 3.47. The van der Waals surface area contributed by atoms with Gasteiger partial charge in [0.25, 0.3) is 0 Å². The van der Waals surface area contributed by atoms with E-state index in [4.69, 9.17) is 9.99 Å². The zero-order valence-electron chi connectivity index (χ0n) is 16.1. The second kappa shape index (κ2) is 11.0. The smallest absolute Gasteiger partial charge is 0.323 e. The number of nitrogens with zero attached hydrogens (tertiary/aromatic N) is 1. The third-order valence-corrected chi connectivity index (χ3v) is 4.88. The highest BCUT2D eigenvalue weighted by atomic mass is 17.1. The van der Waals surface area contributed by atoms with Gasteiger partial charge in [-0.3, -0.25) is 20.2 Å². The molecule has 3 atom stereocenters. The van der Waals surface area contributed by atoms with Crippen molar-refractivity contribution in [1.29, 1.82) is 0 Å². The van der Waals surface area contributed by atoms with E-state index >= 15 is 0 Å². The number of benzene rings is 1. The summed E-state index contributed by atoms with van der Waals surface area (Å²) in [6.45, 7) is 4.56. The lowest BCUT2D eigenvalue weighted by molar-refractivity contribution is -0.250. The fraction of sp³-hybridized carbons (Fsp3) is 0.600. The number of hydrogen-bond donors (Lipinski definition) is 2. The summed E-state index contributed by atoms with van der Waals surface area (Å²) < 4.78 is 5.18. The maximum atomic E-state index is 12.8. The molecule has 0 saturated carbocycles. The van der Waals surface area contributed by atoms with Gasteiger partial charge in [-0.15, -0.1) is 0 Å². The van der Waals surface area contributed by atoms with Crippen LogP contribution in [0.4, 0.5) is 0 Å². The molecule has 1 heterocycles. The van der Waals surface area contributed by atoms with E-state index in [2.05, 4.69) is 10.2 Å². The first-order chi connectivity index (χ1) is 13.1. The van der Waals surface area contributed by atoms with E-state index in [9.17, 15) is 9.59 Å². The number of esters is 1. The van der Waals surface area contributed by atoms with Crippen LogP contribution in [0.2, 0.25) is 0 Å². The average Bonchev–Trinajstić information content (AvgIpc) is 3.13. The van der Waals surface area contributed by atoms with Gasteiger partial charge in [-0.2, -0.15) is 0 Å².